The highest BCUT2D eigenvalue weighted by molar-refractivity contribution is 7.92. The Kier molecular flexibility index (Phi) is 4.47. The molecule has 0 aliphatic rings. The molecule has 0 aliphatic carbocycles. The van der Waals surface area contributed by atoms with E-state index in [1.165, 1.54) is 11.4 Å². The number of anilines is 1. The van der Waals surface area contributed by atoms with E-state index in [0.29, 0.717) is 17.7 Å². The van der Waals surface area contributed by atoms with Gasteiger partial charge in [0.25, 0.3) is 0 Å². The van der Waals surface area contributed by atoms with Gasteiger partial charge in [-0.25, -0.2) is 8.42 Å². The lowest BCUT2D eigenvalue weighted by atomic mass is 10.2. The maximum Gasteiger partial charge on any atom is 0.234 e. The first-order valence-electron chi connectivity index (χ1n) is 5.25. The summed E-state index contributed by atoms with van der Waals surface area (Å²) in [5, 5.41) is 0. The van der Waals surface area contributed by atoms with Crippen molar-refractivity contribution in [1.29, 1.82) is 0 Å². The highest BCUT2D eigenvalue weighted by atomic mass is 32.2. The van der Waals surface area contributed by atoms with Crippen LogP contribution >= 0.6 is 12.2 Å². The number of rotatable bonds is 5. The third kappa shape index (κ3) is 3.41. The molecule has 0 spiro atoms. The van der Waals surface area contributed by atoms with E-state index in [-0.39, 0.29) is 10.7 Å². The van der Waals surface area contributed by atoms with E-state index in [2.05, 4.69) is 0 Å². The molecule has 6 heteroatoms. The summed E-state index contributed by atoms with van der Waals surface area (Å²) >= 11 is 4.86. The second-order valence-corrected chi connectivity index (χ2v) is 6.26. The largest absolute Gasteiger partial charge is 0.389 e. The zero-order valence-corrected chi connectivity index (χ0v) is 11.5. The fraction of sp³-hybridized carbons (Fsp3) is 0.364. The molecule has 17 heavy (non-hydrogen) atoms. The summed E-state index contributed by atoms with van der Waals surface area (Å²) in [5.41, 5.74) is 6.75. The molecule has 0 aliphatic heterocycles. The summed E-state index contributed by atoms with van der Waals surface area (Å²) < 4.78 is 25.0. The van der Waals surface area contributed by atoms with Gasteiger partial charge in [0.2, 0.25) is 10.0 Å². The number of hydrogen-bond donors (Lipinski definition) is 1. The third-order valence-corrected chi connectivity index (χ3v) is 4.58. The van der Waals surface area contributed by atoms with Crippen molar-refractivity contribution in [2.24, 2.45) is 5.73 Å². The van der Waals surface area contributed by atoms with Crippen molar-refractivity contribution in [3.63, 3.8) is 0 Å². The zero-order chi connectivity index (χ0) is 13.1. The van der Waals surface area contributed by atoms with Crippen LogP contribution in [0.4, 0.5) is 5.69 Å². The number of hydrogen-bond acceptors (Lipinski definition) is 3. The van der Waals surface area contributed by atoms with Gasteiger partial charge in [0.15, 0.2) is 0 Å². The van der Waals surface area contributed by atoms with Gasteiger partial charge in [-0.2, -0.15) is 0 Å². The number of benzene rings is 1. The van der Waals surface area contributed by atoms with Crippen LogP contribution in [0, 0.1) is 0 Å². The van der Waals surface area contributed by atoms with Crippen molar-refractivity contribution in [3.05, 3.63) is 29.8 Å². The molecule has 0 atom stereocenters. The van der Waals surface area contributed by atoms with Crippen LogP contribution in [-0.4, -0.2) is 26.2 Å². The molecular formula is C11H16N2O2S2. The van der Waals surface area contributed by atoms with E-state index in [0.717, 1.165) is 0 Å². The van der Waals surface area contributed by atoms with Crippen LogP contribution in [0.5, 0.6) is 0 Å². The molecule has 0 fully saturated rings. The lowest BCUT2D eigenvalue weighted by Crippen LogP contribution is -2.29. The summed E-state index contributed by atoms with van der Waals surface area (Å²) in [7, 11) is -1.73. The lowest BCUT2D eigenvalue weighted by Gasteiger charge is -2.19. The topological polar surface area (TPSA) is 63.4 Å². The Balaban J connectivity index is 3.08. The highest BCUT2D eigenvalue weighted by Gasteiger charge is 2.17. The van der Waals surface area contributed by atoms with E-state index in [9.17, 15) is 8.42 Å². The minimum Gasteiger partial charge on any atom is -0.389 e. The maximum atomic E-state index is 11.9. The number of sulfonamides is 1. The summed E-state index contributed by atoms with van der Waals surface area (Å²) in [4.78, 5) is 0.258. The second kappa shape index (κ2) is 5.46. The molecule has 94 valence electrons. The average Bonchev–Trinajstić information content (AvgIpc) is 2.28. The van der Waals surface area contributed by atoms with Gasteiger partial charge in [-0.3, -0.25) is 4.31 Å². The van der Waals surface area contributed by atoms with Crippen LogP contribution in [0.2, 0.25) is 0 Å². The fourth-order valence-electron chi connectivity index (χ4n) is 1.41. The van der Waals surface area contributed by atoms with Crippen LogP contribution in [0.3, 0.4) is 0 Å². The first kappa shape index (κ1) is 13.9. The van der Waals surface area contributed by atoms with Crippen molar-refractivity contribution in [2.45, 2.75) is 13.3 Å². The summed E-state index contributed by atoms with van der Waals surface area (Å²) in [6.45, 7) is 1.83. The van der Waals surface area contributed by atoms with Gasteiger partial charge in [0.1, 0.15) is 4.99 Å². The molecule has 1 rings (SSSR count). The Labute approximate surface area is 107 Å². The first-order valence-corrected chi connectivity index (χ1v) is 7.26. The molecule has 0 saturated heterocycles. The van der Waals surface area contributed by atoms with E-state index >= 15 is 0 Å². The predicted molar refractivity (Wildman–Crippen MR) is 74.8 cm³/mol. The van der Waals surface area contributed by atoms with E-state index in [1.807, 2.05) is 6.92 Å². The molecule has 0 bridgehead atoms. The van der Waals surface area contributed by atoms with Gasteiger partial charge in [-0.05, 0) is 18.6 Å². The van der Waals surface area contributed by atoms with Crippen LogP contribution in [0.15, 0.2) is 24.3 Å². The van der Waals surface area contributed by atoms with Crippen molar-refractivity contribution < 1.29 is 8.42 Å². The van der Waals surface area contributed by atoms with Gasteiger partial charge in [-0.1, -0.05) is 31.3 Å². The lowest BCUT2D eigenvalue weighted by molar-refractivity contribution is 0.593. The Morgan fingerprint density at radius 3 is 2.65 bits per heavy atom. The third-order valence-electron chi connectivity index (χ3n) is 2.37. The zero-order valence-electron chi connectivity index (χ0n) is 9.88. The van der Waals surface area contributed by atoms with E-state index in [1.54, 1.807) is 24.3 Å². The van der Waals surface area contributed by atoms with Crippen molar-refractivity contribution in [2.75, 3.05) is 17.1 Å². The van der Waals surface area contributed by atoms with E-state index in [4.69, 9.17) is 18.0 Å². The van der Waals surface area contributed by atoms with Crippen molar-refractivity contribution in [3.8, 4) is 0 Å². The molecule has 0 saturated carbocycles. The maximum absolute atomic E-state index is 11.9. The summed E-state index contributed by atoms with van der Waals surface area (Å²) in [6.07, 6.45) is 0.585. The van der Waals surface area contributed by atoms with Gasteiger partial charge < -0.3 is 5.73 Å². The summed E-state index contributed by atoms with van der Waals surface area (Å²) in [6, 6.07) is 6.89. The smallest absolute Gasteiger partial charge is 0.234 e. The molecule has 1 aromatic rings. The highest BCUT2D eigenvalue weighted by Crippen LogP contribution is 2.18. The van der Waals surface area contributed by atoms with Crippen molar-refractivity contribution >= 4 is 32.9 Å². The molecule has 4 nitrogen and oxygen atoms in total. The van der Waals surface area contributed by atoms with E-state index < -0.39 is 10.0 Å². The normalized spacial score (nSPS) is 11.2. The SMILES string of the molecule is CCCS(=O)(=O)N(C)c1cccc(C(N)=S)c1. The van der Waals surface area contributed by atoms with Crippen molar-refractivity contribution in [1.82, 2.24) is 0 Å². The number of nitrogens with two attached hydrogens (primary N) is 1. The van der Waals surface area contributed by atoms with Crippen LogP contribution in [0.1, 0.15) is 18.9 Å². The fourth-order valence-corrected chi connectivity index (χ4v) is 2.76. The monoisotopic (exact) mass is 272 g/mol. The predicted octanol–water partition coefficient (Wildman–Crippen LogP) is 1.50. The first-order chi connectivity index (χ1) is 7.88. The Hall–Kier alpha value is -1.14. The molecular weight excluding hydrogens is 256 g/mol. The van der Waals surface area contributed by atoms with Crippen LogP contribution < -0.4 is 10.0 Å². The van der Waals surface area contributed by atoms with Crippen LogP contribution in [-0.2, 0) is 10.0 Å². The minimum atomic E-state index is -3.26. The molecule has 0 aromatic heterocycles. The van der Waals surface area contributed by atoms with Gasteiger partial charge in [-0.15, -0.1) is 0 Å². The standard InChI is InChI=1S/C11H16N2O2S2/c1-3-7-17(14,15)13(2)10-6-4-5-9(8-10)11(12)16/h4-6,8H,3,7H2,1-2H3,(H2,12,16). The number of nitrogens with zero attached hydrogens (tertiary/aromatic N) is 1. The second-order valence-electron chi connectivity index (χ2n) is 3.70. The van der Waals surface area contributed by atoms with Gasteiger partial charge in [0.05, 0.1) is 11.4 Å². The molecule has 0 heterocycles. The molecule has 0 radical (unpaired) electrons. The molecule has 0 unspecified atom stereocenters. The number of thiocarbonyl (C=S) groups is 1. The molecule has 1 aromatic carbocycles. The quantitative estimate of drug-likeness (QED) is 0.825. The minimum absolute atomic E-state index is 0.126. The Bertz CT molecular complexity index is 512. The van der Waals surface area contributed by atoms with Crippen LogP contribution in [0.25, 0.3) is 0 Å². The molecule has 0 amide bonds. The average molecular weight is 272 g/mol. The Morgan fingerprint density at radius 2 is 2.12 bits per heavy atom. The van der Waals surface area contributed by atoms with Gasteiger partial charge in [0, 0.05) is 12.6 Å². The Morgan fingerprint density at radius 1 is 1.47 bits per heavy atom. The van der Waals surface area contributed by atoms with Gasteiger partial charge >= 0.3 is 0 Å². The molecule has 2 N–H and O–H groups in total. The summed E-state index contributed by atoms with van der Waals surface area (Å²) in [5.74, 6) is 0.126.